The third-order valence-electron chi connectivity index (χ3n) is 4.50. The van der Waals surface area contributed by atoms with Crippen molar-refractivity contribution in [3.8, 4) is 11.3 Å². The molecule has 0 aliphatic carbocycles. The van der Waals surface area contributed by atoms with E-state index in [9.17, 15) is 9.59 Å². The number of nitrogens with zero attached hydrogens (tertiary/aromatic N) is 2. The van der Waals surface area contributed by atoms with E-state index in [2.05, 4.69) is 5.16 Å². The average molecular weight is 366 g/mol. The highest BCUT2D eigenvalue weighted by Crippen LogP contribution is 2.23. The molecular formula is C20H18N2O5. The summed E-state index contributed by atoms with van der Waals surface area (Å²) in [4.78, 5) is 26.4. The van der Waals surface area contributed by atoms with E-state index in [4.69, 9.17) is 13.7 Å². The van der Waals surface area contributed by atoms with E-state index in [-0.39, 0.29) is 18.3 Å². The van der Waals surface area contributed by atoms with Crippen molar-refractivity contribution in [2.45, 2.75) is 25.5 Å². The van der Waals surface area contributed by atoms with Gasteiger partial charge in [0.25, 0.3) is 5.91 Å². The van der Waals surface area contributed by atoms with E-state index in [1.807, 2.05) is 30.3 Å². The molecule has 1 aliphatic rings. The molecule has 1 saturated heterocycles. The van der Waals surface area contributed by atoms with Gasteiger partial charge in [0.15, 0.2) is 18.1 Å². The van der Waals surface area contributed by atoms with E-state index in [1.165, 1.54) is 11.2 Å². The monoisotopic (exact) mass is 366 g/mol. The third kappa shape index (κ3) is 3.62. The number of hydrogen-bond acceptors (Lipinski definition) is 6. The third-order valence-corrected chi connectivity index (χ3v) is 4.50. The normalized spacial score (nSPS) is 16.4. The Labute approximate surface area is 155 Å². The Morgan fingerprint density at radius 1 is 1.19 bits per heavy atom. The first-order valence-electron chi connectivity index (χ1n) is 8.74. The van der Waals surface area contributed by atoms with Crippen LogP contribution < -0.4 is 0 Å². The highest BCUT2D eigenvalue weighted by atomic mass is 16.6. The van der Waals surface area contributed by atoms with Gasteiger partial charge in [-0.15, -0.1) is 0 Å². The summed E-state index contributed by atoms with van der Waals surface area (Å²) in [6.07, 6.45) is 2.74. The summed E-state index contributed by atoms with van der Waals surface area (Å²) < 4.78 is 15.7. The number of benzene rings is 1. The number of furan rings is 1. The Morgan fingerprint density at radius 3 is 2.81 bits per heavy atom. The van der Waals surface area contributed by atoms with Gasteiger partial charge in [0.2, 0.25) is 0 Å². The standard InChI is InChI=1S/C20H18N2O5/c23-19(18-9-5-11-25-18)22-10-4-8-17(22)20(24)26-13-15-12-16(21-27-15)14-6-2-1-3-7-14/h1-3,5-7,9,11-12,17H,4,8,10,13H2/t17-/m0/s1. The zero-order valence-electron chi connectivity index (χ0n) is 14.5. The highest BCUT2D eigenvalue weighted by Gasteiger charge is 2.36. The molecule has 0 spiro atoms. The van der Waals surface area contributed by atoms with E-state index in [0.717, 1.165) is 12.0 Å². The Kier molecular flexibility index (Phi) is 4.74. The van der Waals surface area contributed by atoms with Gasteiger partial charge in [-0.3, -0.25) is 4.79 Å². The maximum atomic E-state index is 12.5. The quantitative estimate of drug-likeness (QED) is 0.644. The minimum atomic E-state index is -0.612. The molecule has 4 rings (SSSR count). The molecule has 1 atom stereocenters. The number of carbonyl (C=O) groups excluding carboxylic acids is 2. The van der Waals surface area contributed by atoms with Gasteiger partial charge in [-0.05, 0) is 25.0 Å². The number of hydrogen-bond donors (Lipinski definition) is 0. The van der Waals surface area contributed by atoms with Gasteiger partial charge in [0.1, 0.15) is 11.7 Å². The summed E-state index contributed by atoms with van der Waals surface area (Å²) in [7, 11) is 0. The molecule has 138 valence electrons. The molecule has 1 aromatic carbocycles. The molecule has 3 aromatic rings. The number of aromatic nitrogens is 1. The molecule has 3 heterocycles. The Hall–Kier alpha value is -3.35. The van der Waals surface area contributed by atoms with E-state index >= 15 is 0 Å². The second kappa shape index (κ2) is 7.49. The van der Waals surface area contributed by atoms with Crippen molar-refractivity contribution in [2.24, 2.45) is 0 Å². The maximum Gasteiger partial charge on any atom is 0.329 e. The number of amides is 1. The lowest BCUT2D eigenvalue weighted by atomic mass is 10.1. The first-order valence-corrected chi connectivity index (χ1v) is 8.74. The fourth-order valence-electron chi connectivity index (χ4n) is 3.16. The van der Waals surface area contributed by atoms with Crippen LogP contribution in [0.1, 0.15) is 29.2 Å². The molecular weight excluding hydrogens is 348 g/mol. The van der Waals surface area contributed by atoms with Gasteiger partial charge in [0, 0.05) is 18.2 Å². The summed E-state index contributed by atoms with van der Waals surface area (Å²) in [5.41, 5.74) is 1.60. The van der Waals surface area contributed by atoms with Crippen LogP contribution in [0.5, 0.6) is 0 Å². The van der Waals surface area contributed by atoms with Gasteiger partial charge in [-0.1, -0.05) is 35.5 Å². The smallest absolute Gasteiger partial charge is 0.329 e. The van der Waals surface area contributed by atoms with Crippen LogP contribution in [0, 0.1) is 0 Å². The summed E-state index contributed by atoms with van der Waals surface area (Å²) in [6, 6.07) is 13.9. The molecule has 1 fully saturated rings. The number of carbonyl (C=O) groups is 2. The van der Waals surface area contributed by atoms with E-state index in [0.29, 0.717) is 24.4 Å². The Bertz CT molecular complexity index is 917. The van der Waals surface area contributed by atoms with Crippen molar-refractivity contribution in [3.63, 3.8) is 0 Å². The minimum absolute atomic E-state index is 0.0298. The number of rotatable bonds is 5. The zero-order chi connectivity index (χ0) is 18.6. The fourth-order valence-corrected chi connectivity index (χ4v) is 3.16. The predicted molar refractivity (Wildman–Crippen MR) is 94.5 cm³/mol. The van der Waals surface area contributed by atoms with Crippen molar-refractivity contribution in [1.29, 1.82) is 0 Å². The lowest BCUT2D eigenvalue weighted by Crippen LogP contribution is -2.41. The van der Waals surface area contributed by atoms with Crippen LogP contribution in [0.25, 0.3) is 11.3 Å². The van der Waals surface area contributed by atoms with Crippen LogP contribution in [-0.2, 0) is 16.1 Å². The number of likely N-dealkylation sites (tertiary alicyclic amines) is 1. The number of esters is 1. The van der Waals surface area contributed by atoms with Crippen molar-refractivity contribution >= 4 is 11.9 Å². The van der Waals surface area contributed by atoms with Crippen LogP contribution >= 0.6 is 0 Å². The molecule has 7 nitrogen and oxygen atoms in total. The second-order valence-corrected chi connectivity index (χ2v) is 6.29. The molecule has 0 saturated carbocycles. The zero-order valence-corrected chi connectivity index (χ0v) is 14.5. The molecule has 1 amide bonds. The topological polar surface area (TPSA) is 85.8 Å². The lowest BCUT2D eigenvalue weighted by Gasteiger charge is -2.21. The molecule has 27 heavy (non-hydrogen) atoms. The molecule has 0 unspecified atom stereocenters. The van der Waals surface area contributed by atoms with Crippen LogP contribution in [0.3, 0.4) is 0 Å². The predicted octanol–water partition coefficient (Wildman–Crippen LogP) is 3.28. The second-order valence-electron chi connectivity index (χ2n) is 6.29. The van der Waals surface area contributed by atoms with Crippen molar-refractivity contribution < 1.29 is 23.3 Å². The highest BCUT2D eigenvalue weighted by molar-refractivity contribution is 5.94. The molecule has 0 N–H and O–H groups in total. The van der Waals surface area contributed by atoms with E-state index in [1.54, 1.807) is 18.2 Å². The SMILES string of the molecule is O=C(OCc1cc(-c2ccccc2)no1)[C@@H]1CCCN1C(=O)c1ccco1. The fraction of sp³-hybridized carbons (Fsp3) is 0.250. The Morgan fingerprint density at radius 2 is 2.04 bits per heavy atom. The van der Waals surface area contributed by atoms with Gasteiger partial charge >= 0.3 is 5.97 Å². The van der Waals surface area contributed by atoms with Crippen LogP contribution in [0.15, 0.2) is 63.7 Å². The molecule has 1 aliphatic heterocycles. The molecule has 0 radical (unpaired) electrons. The van der Waals surface area contributed by atoms with Gasteiger partial charge < -0.3 is 18.6 Å². The molecule has 7 heteroatoms. The van der Waals surface area contributed by atoms with Gasteiger partial charge in [-0.2, -0.15) is 0 Å². The molecule has 0 bridgehead atoms. The Balaban J connectivity index is 1.38. The lowest BCUT2D eigenvalue weighted by molar-refractivity contribution is -0.150. The summed E-state index contributed by atoms with van der Waals surface area (Å²) in [5.74, 6) is -0.0860. The number of ether oxygens (including phenoxy) is 1. The van der Waals surface area contributed by atoms with E-state index < -0.39 is 12.0 Å². The summed E-state index contributed by atoms with van der Waals surface area (Å²) >= 11 is 0. The maximum absolute atomic E-state index is 12.5. The summed E-state index contributed by atoms with van der Waals surface area (Å²) in [5, 5.41) is 4.00. The van der Waals surface area contributed by atoms with Crippen molar-refractivity contribution in [3.05, 3.63) is 66.3 Å². The van der Waals surface area contributed by atoms with Gasteiger partial charge in [0.05, 0.1) is 6.26 Å². The first-order chi connectivity index (χ1) is 13.2. The van der Waals surface area contributed by atoms with Crippen molar-refractivity contribution in [1.82, 2.24) is 10.1 Å². The largest absolute Gasteiger partial charge is 0.459 e. The van der Waals surface area contributed by atoms with Crippen molar-refractivity contribution in [2.75, 3.05) is 6.54 Å². The van der Waals surface area contributed by atoms with Crippen LogP contribution in [0.2, 0.25) is 0 Å². The summed E-state index contributed by atoms with van der Waals surface area (Å²) in [6.45, 7) is 0.470. The first kappa shape index (κ1) is 17.1. The van der Waals surface area contributed by atoms with Crippen LogP contribution in [-0.4, -0.2) is 34.5 Å². The average Bonchev–Trinajstić information content (AvgIpc) is 3.47. The molecule has 2 aromatic heterocycles. The van der Waals surface area contributed by atoms with Gasteiger partial charge in [-0.25, -0.2) is 4.79 Å². The minimum Gasteiger partial charge on any atom is -0.459 e. The van der Waals surface area contributed by atoms with Crippen LogP contribution in [0.4, 0.5) is 0 Å².